The van der Waals surface area contributed by atoms with E-state index in [-0.39, 0.29) is 48.8 Å². The molecule has 3 aliphatic rings. The average Bonchev–Trinajstić information content (AvgIpc) is 3.78. The molecule has 14 heteroatoms. The monoisotopic (exact) mass is 752 g/mol. The third-order valence-electron chi connectivity index (χ3n) is 10.3. The highest BCUT2D eigenvalue weighted by molar-refractivity contribution is 6.12. The number of hydrogen-bond acceptors (Lipinski definition) is 10. The van der Waals surface area contributed by atoms with E-state index < -0.39 is 0 Å². The Labute approximate surface area is 319 Å². The SMILES string of the molecule is COc1ncc(N(C(=O)c2cc(-c3cc4c(cc3C(=O)N3Cc5ccccc5C[C@H]3CN3CCOCC3)OCO4)n(C)c2C)c2ccc(O)cc2)cn1.Cl. The van der Waals surface area contributed by atoms with Crippen molar-refractivity contribution >= 4 is 35.6 Å². The Balaban J connectivity index is 0.00000450. The lowest BCUT2D eigenvalue weighted by molar-refractivity contribution is 0.0193. The fourth-order valence-electron chi connectivity index (χ4n) is 7.37. The van der Waals surface area contributed by atoms with Gasteiger partial charge in [-0.3, -0.25) is 19.4 Å². The number of hydrogen-bond donors (Lipinski definition) is 1. The molecular formula is C40H41ClN6O7. The summed E-state index contributed by atoms with van der Waals surface area (Å²) in [4.78, 5) is 44.0. The van der Waals surface area contributed by atoms with Crippen LogP contribution in [0.25, 0.3) is 11.3 Å². The molecule has 0 aliphatic carbocycles. The largest absolute Gasteiger partial charge is 0.508 e. The number of nitrogens with zero attached hydrogens (tertiary/aromatic N) is 6. The van der Waals surface area contributed by atoms with Crippen LogP contribution in [0.1, 0.15) is 37.5 Å². The summed E-state index contributed by atoms with van der Waals surface area (Å²) >= 11 is 0. The number of amides is 2. The first-order valence-electron chi connectivity index (χ1n) is 17.6. The Morgan fingerprint density at radius 3 is 2.31 bits per heavy atom. The molecule has 0 saturated carbocycles. The van der Waals surface area contributed by atoms with Crippen LogP contribution >= 0.6 is 12.4 Å². The number of carbonyl (C=O) groups excluding carboxylic acids is 2. The minimum absolute atomic E-state index is 0. The van der Waals surface area contributed by atoms with Crippen LogP contribution in [0, 0.1) is 6.92 Å². The number of halogens is 1. The number of aromatic hydroxyl groups is 1. The zero-order chi connectivity index (χ0) is 36.6. The molecule has 0 unspecified atom stereocenters. The van der Waals surface area contributed by atoms with Crippen molar-refractivity contribution in [3.63, 3.8) is 0 Å². The van der Waals surface area contributed by atoms with Gasteiger partial charge in [0, 0.05) is 61.9 Å². The van der Waals surface area contributed by atoms with E-state index in [0.29, 0.717) is 70.7 Å². The van der Waals surface area contributed by atoms with Gasteiger partial charge in [-0.2, -0.15) is 0 Å². The number of methoxy groups -OCH3 is 1. The zero-order valence-corrected chi connectivity index (χ0v) is 31.0. The summed E-state index contributed by atoms with van der Waals surface area (Å²) in [5, 5.41) is 10.0. The summed E-state index contributed by atoms with van der Waals surface area (Å²) in [7, 11) is 3.34. The van der Waals surface area contributed by atoms with E-state index in [1.807, 2.05) is 35.6 Å². The first kappa shape index (κ1) is 36.7. The van der Waals surface area contributed by atoms with Gasteiger partial charge < -0.3 is 33.5 Å². The summed E-state index contributed by atoms with van der Waals surface area (Å²) in [6.45, 7) is 6.10. The predicted molar refractivity (Wildman–Crippen MR) is 203 cm³/mol. The summed E-state index contributed by atoms with van der Waals surface area (Å²) in [6, 6.07) is 20.1. The van der Waals surface area contributed by atoms with E-state index in [9.17, 15) is 9.90 Å². The number of aromatic nitrogens is 3. The maximum Gasteiger partial charge on any atom is 0.316 e. The van der Waals surface area contributed by atoms with Crippen LogP contribution in [0.5, 0.6) is 23.3 Å². The molecule has 280 valence electrons. The number of anilines is 2. The van der Waals surface area contributed by atoms with Crippen LogP contribution in [0.2, 0.25) is 0 Å². The standard InChI is InChI=1S/C40H40N6O7.ClH/c1-25-32(39(49)46(28-8-10-31(47)11-9-28)30-20-41-40(50-3)42-21-30)17-35(43(25)2)33-18-36-37(53-24-52-36)19-34(33)38(48)45-22-27-7-5-4-6-26(27)16-29(45)23-44-12-14-51-15-13-44;/h4-11,17-21,29,47H,12-16,22-24H2,1-3H3;1H/t29-;/m0./s1. The lowest BCUT2D eigenvalue weighted by Gasteiger charge is -2.40. The number of rotatable bonds is 8. The van der Waals surface area contributed by atoms with Crippen LogP contribution in [0.4, 0.5) is 11.4 Å². The molecule has 5 heterocycles. The molecule has 3 aliphatic heterocycles. The van der Waals surface area contributed by atoms with Gasteiger partial charge >= 0.3 is 6.01 Å². The molecule has 8 rings (SSSR count). The minimum atomic E-state index is -0.351. The quantitative estimate of drug-likeness (QED) is 0.216. The maximum absolute atomic E-state index is 15.0. The van der Waals surface area contributed by atoms with Crippen LogP contribution in [0.3, 0.4) is 0 Å². The van der Waals surface area contributed by atoms with Crippen molar-refractivity contribution < 1.29 is 33.6 Å². The summed E-state index contributed by atoms with van der Waals surface area (Å²) in [5.41, 5.74) is 6.10. The molecule has 0 radical (unpaired) electrons. The Kier molecular flexibility index (Phi) is 10.5. The minimum Gasteiger partial charge on any atom is -0.508 e. The molecular weight excluding hydrogens is 712 g/mol. The van der Waals surface area contributed by atoms with Crippen molar-refractivity contribution in [3.8, 4) is 34.5 Å². The first-order valence-corrected chi connectivity index (χ1v) is 17.6. The molecule has 1 saturated heterocycles. The van der Waals surface area contributed by atoms with Crippen molar-refractivity contribution in [2.75, 3.05) is 51.7 Å². The molecule has 1 N–H and O–H groups in total. The van der Waals surface area contributed by atoms with E-state index in [1.165, 1.54) is 42.1 Å². The third-order valence-corrected chi connectivity index (χ3v) is 10.3. The highest BCUT2D eigenvalue weighted by Gasteiger charge is 2.35. The molecule has 3 aromatic carbocycles. The van der Waals surface area contributed by atoms with Gasteiger partial charge in [0.2, 0.25) is 6.79 Å². The number of morpholine rings is 1. The molecule has 2 aromatic heterocycles. The molecule has 13 nitrogen and oxygen atoms in total. The number of fused-ring (bicyclic) bond motifs is 2. The lowest BCUT2D eigenvalue weighted by Crippen LogP contribution is -2.52. The van der Waals surface area contributed by atoms with E-state index in [4.69, 9.17) is 18.9 Å². The van der Waals surface area contributed by atoms with Gasteiger partial charge in [-0.25, -0.2) is 9.97 Å². The highest BCUT2D eigenvalue weighted by Crippen LogP contribution is 2.42. The Morgan fingerprint density at radius 2 is 1.61 bits per heavy atom. The van der Waals surface area contributed by atoms with Crippen LogP contribution in [-0.4, -0.2) is 94.0 Å². The second-order valence-corrected chi connectivity index (χ2v) is 13.4. The fourth-order valence-corrected chi connectivity index (χ4v) is 7.37. The number of ether oxygens (including phenoxy) is 4. The lowest BCUT2D eigenvalue weighted by atomic mass is 9.92. The molecule has 54 heavy (non-hydrogen) atoms. The zero-order valence-electron chi connectivity index (χ0n) is 30.2. The van der Waals surface area contributed by atoms with E-state index in [0.717, 1.165) is 31.6 Å². The van der Waals surface area contributed by atoms with Gasteiger partial charge in [0.25, 0.3) is 11.8 Å². The van der Waals surface area contributed by atoms with Crippen LogP contribution in [-0.2, 0) is 24.8 Å². The molecule has 1 atom stereocenters. The first-order chi connectivity index (χ1) is 25.8. The molecule has 5 aromatic rings. The van der Waals surface area contributed by atoms with E-state index in [1.54, 1.807) is 24.3 Å². The van der Waals surface area contributed by atoms with Crippen molar-refractivity contribution in [1.82, 2.24) is 24.3 Å². The predicted octanol–water partition coefficient (Wildman–Crippen LogP) is 5.53. The Morgan fingerprint density at radius 1 is 0.926 bits per heavy atom. The highest BCUT2D eigenvalue weighted by atomic mass is 35.5. The molecule has 0 bridgehead atoms. The second kappa shape index (κ2) is 15.4. The molecule has 0 spiro atoms. The summed E-state index contributed by atoms with van der Waals surface area (Å²) in [6.07, 6.45) is 3.76. The summed E-state index contributed by atoms with van der Waals surface area (Å²) < 4.78 is 24.3. The van der Waals surface area contributed by atoms with E-state index in [2.05, 4.69) is 33.1 Å². The third kappa shape index (κ3) is 6.93. The van der Waals surface area contributed by atoms with Crippen molar-refractivity contribution in [3.05, 3.63) is 107 Å². The van der Waals surface area contributed by atoms with Crippen molar-refractivity contribution in [2.24, 2.45) is 7.05 Å². The van der Waals surface area contributed by atoms with Crippen molar-refractivity contribution in [2.45, 2.75) is 25.9 Å². The van der Waals surface area contributed by atoms with Gasteiger partial charge in [0.15, 0.2) is 11.5 Å². The fraction of sp³-hybridized carbons (Fsp3) is 0.300. The van der Waals surface area contributed by atoms with Crippen LogP contribution in [0.15, 0.2) is 79.1 Å². The summed E-state index contributed by atoms with van der Waals surface area (Å²) in [5.74, 6) is 0.613. The van der Waals surface area contributed by atoms with Gasteiger partial charge in [-0.15, -0.1) is 12.4 Å². The van der Waals surface area contributed by atoms with Crippen molar-refractivity contribution in [1.29, 1.82) is 0 Å². The van der Waals surface area contributed by atoms with Gasteiger partial charge in [-0.1, -0.05) is 24.3 Å². The average molecular weight is 753 g/mol. The number of benzene rings is 3. The smallest absolute Gasteiger partial charge is 0.316 e. The number of carbonyl (C=O) groups is 2. The topological polar surface area (TPSA) is 132 Å². The number of phenols is 1. The Bertz CT molecular complexity index is 2170. The second-order valence-electron chi connectivity index (χ2n) is 13.4. The van der Waals surface area contributed by atoms with Gasteiger partial charge in [0.1, 0.15) is 5.75 Å². The number of phenolic OH excluding ortho intramolecular Hbond substituents is 1. The maximum atomic E-state index is 15.0. The molecule has 2 amide bonds. The molecule has 1 fully saturated rings. The Hall–Kier alpha value is -5.63. The van der Waals surface area contributed by atoms with Gasteiger partial charge in [-0.05, 0) is 66.9 Å². The van der Waals surface area contributed by atoms with Crippen LogP contribution < -0.4 is 19.1 Å². The van der Waals surface area contributed by atoms with Gasteiger partial charge in [0.05, 0.1) is 49.5 Å². The van der Waals surface area contributed by atoms with E-state index >= 15 is 4.79 Å². The normalized spacial score (nSPS) is 16.4.